The molecule has 4 saturated carbocycles. The van der Waals surface area contributed by atoms with Gasteiger partial charge in [0, 0.05) is 5.41 Å². The van der Waals surface area contributed by atoms with Crippen molar-refractivity contribution in [3.8, 4) is 0 Å². The summed E-state index contributed by atoms with van der Waals surface area (Å²) >= 11 is 0. The Labute approximate surface area is 90.2 Å². The Bertz CT molecular complexity index is 299. The van der Waals surface area contributed by atoms with Crippen LogP contribution in [-0.4, -0.2) is 22.1 Å². The summed E-state index contributed by atoms with van der Waals surface area (Å²) in [7, 11) is 0. The van der Waals surface area contributed by atoms with Gasteiger partial charge < -0.3 is 10.3 Å². The first-order valence-electron chi connectivity index (χ1n) is 6.03. The second kappa shape index (κ2) is 2.97. The summed E-state index contributed by atoms with van der Waals surface area (Å²) in [6.07, 6.45) is 5.54. The maximum Gasteiger partial charge on any atom is 0.0678 e. The van der Waals surface area contributed by atoms with Crippen LogP contribution in [0.1, 0.15) is 39.0 Å². The fourth-order valence-corrected chi connectivity index (χ4v) is 4.62. The second-order valence-electron chi connectivity index (χ2n) is 5.89. The first-order chi connectivity index (χ1) is 7.15. The van der Waals surface area contributed by atoms with E-state index in [0.717, 1.165) is 30.4 Å². The lowest BCUT2D eigenvalue weighted by molar-refractivity contribution is -0.122. The number of hydrogen-bond acceptors (Lipinski definition) is 3. The third kappa shape index (κ3) is 1.13. The molecule has 2 N–H and O–H groups in total. The van der Waals surface area contributed by atoms with Crippen LogP contribution in [-0.2, 0) is 0 Å². The summed E-state index contributed by atoms with van der Waals surface area (Å²) < 4.78 is 0. The van der Waals surface area contributed by atoms with Crippen LogP contribution in [0.2, 0.25) is 0 Å². The van der Waals surface area contributed by atoms with Crippen molar-refractivity contribution < 1.29 is 10.3 Å². The van der Waals surface area contributed by atoms with Crippen LogP contribution >= 0.6 is 0 Å². The van der Waals surface area contributed by atoms with Crippen molar-refractivity contribution in [1.82, 2.24) is 0 Å². The number of rotatable bonds is 1. The molecule has 0 spiro atoms. The Morgan fingerprint density at radius 2 is 1.80 bits per heavy atom. The van der Waals surface area contributed by atoms with Crippen molar-refractivity contribution in [2.45, 2.75) is 45.1 Å². The van der Waals surface area contributed by atoms with Crippen molar-refractivity contribution in [2.24, 2.45) is 28.3 Å². The van der Waals surface area contributed by atoms with Gasteiger partial charge in [-0.1, -0.05) is 5.16 Å². The molecular weight excluding hydrogens is 190 g/mol. The minimum atomic E-state index is -0.263. The average molecular weight is 209 g/mol. The molecule has 0 saturated heterocycles. The highest BCUT2D eigenvalue weighted by Gasteiger charge is 2.58. The molecule has 4 fully saturated rings. The zero-order valence-corrected chi connectivity index (χ0v) is 9.19. The first kappa shape index (κ1) is 9.64. The van der Waals surface area contributed by atoms with E-state index in [4.69, 9.17) is 5.21 Å². The summed E-state index contributed by atoms with van der Waals surface area (Å²) in [6.45, 7) is 1.87. The molecule has 0 aromatic rings. The van der Waals surface area contributed by atoms with E-state index < -0.39 is 0 Å². The van der Waals surface area contributed by atoms with Gasteiger partial charge in [0.1, 0.15) is 0 Å². The third-order valence-corrected chi connectivity index (χ3v) is 5.13. The second-order valence-corrected chi connectivity index (χ2v) is 5.89. The standard InChI is InChI=1S/C12H19NO2/c1-7(13-15)12-5-8-2-9(6-12)4-10(3-8)11(12)14/h8-11,14-15H,2-6H2,1H3/b13-7+/t8-,9+,10?,11-,12?/m1/s1. The first-order valence-corrected chi connectivity index (χ1v) is 6.03. The monoisotopic (exact) mass is 209 g/mol. The van der Waals surface area contributed by atoms with Gasteiger partial charge >= 0.3 is 0 Å². The van der Waals surface area contributed by atoms with Crippen molar-refractivity contribution in [1.29, 1.82) is 0 Å². The Hall–Kier alpha value is -0.570. The van der Waals surface area contributed by atoms with Gasteiger partial charge in [-0.25, -0.2) is 0 Å². The van der Waals surface area contributed by atoms with Crippen LogP contribution < -0.4 is 0 Å². The largest absolute Gasteiger partial charge is 0.411 e. The fraction of sp³-hybridized carbons (Fsp3) is 0.917. The smallest absolute Gasteiger partial charge is 0.0678 e. The molecule has 0 amide bonds. The van der Waals surface area contributed by atoms with Crippen molar-refractivity contribution in [2.75, 3.05) is 0 Å². The van der Waals surface area contributed by atoms with E-state index in [0.29, 0.717) is 5.92 Å². The van der Waals surface area contributed by atoms with Crippen LogP contribution in [0.3, 0.4) is 0 Å². The number of aliphatic hydroxyl groups excluding tert-OH is 1. The summed E-state index contributed by atoms with van der Waals surface area (Å²) in [6, 6.07) is 0. The average Bonchev–Trinajstić information content (AvgIpc) is 2.23. The van der Waals surface area contributed by atoms with Gasteiger partial charge in [-0.05, 0) is 56.8 Å². The molecule has 0 aliphatic heterocycles. The van der Waals surface area contributed by atoms with Gasteiger partial charge in [-0.15, -0.1) is 0 Å². The molecule has 0 radical (unpaired) electrons. The van der Waals surface area contributed by atoms with Gasteiger partial charge in [0.15, 0.2) is 0 Å². The lowest BCUT2D eigenvalue weighted by Gasteiger charge is -2.59. The van der Waals surface area contributed by atoms with Crippen LogP contribution in [0, 0.1) is 23.2 Å². The molecule has 15 heavy (non-hydrogen) atoms. The molecule has 4 aliphatic rings. The predicted molar refractivity (Wildman–Crippen MR) is 56.9 cm³/mol. The lowest BCUT2D eigenvalue weighted by atomic mass is 9.47. The Morgan fingerprint density at radius 1 is 1.20 bits per heavy atom. The van der Waals surface area contributed by atoms with Crippen molar-refractivity contribution in [3.05, 3.63) is 0 Å². The van der Waals surface area contributed by atoms with E-state index in [9.17, 15) is 5.11 Å². The zero-order chi connectivity index (χ0) is 10.6. The summed E-state index contributed by atoms with van der Waals surface area (Å²) in [5, 5.41) is 22.8. The van der Waals surface area contributed by atoms with Crippen LogP contribution in [0.15, 0.2) is 5.16 Å². The number of oxime groups is 1. The van der Waals surface area contributed by atoms with Crippen LogP contribution in [0.4, 0.5) is 0 Å². The maximum atomic E-state index is 10.4. The van der Waals surface area contributed by atoms with Crippen molar-refractivity contribution in [3.63, 3.8) is 0 Å². The fourth-order valence-electron chi connectivity index (χ4n) is 4.62. The SMILES string of the molecule is C/C(=N\O)C12C[C@@H]3CC(C[C@@H](C3)C1)[C@H]2O. The van der Waals surface area contributed by atoms with Crippen molar-refractivity contribution >= 4 is 5.71 Å². The van der Waals surface area contributed by atoms with Gasteiger partial charge in [0.2, 0.25) is 0 Å². The predicted octanol–water partition coefficient (Wildman–Crippen LogP) is 2.02. The molecule has 3 nitrogen and oxygen atoms in total. The molecule has 4 bridgehead atoms. The minimum absolute atomic E-state index is 0.177. The Kier molecular flexibility index (Phi) is 1.91. The molecular formula is C12H19NO2. The van der Waals surface area contributed by atoms with Crippen LogP contribution in [0.5, 0.6) is 0 Å². The third-order valence-electron chi connectivity index (χ3n) is 5.13. The Morgan fingerprint density at radius 3 is 2.33 bits per heavy atom. The molecule has 4 rings (SSSR count). The zero-order valence-electron chi connectivity index (χ0n) is 9.19. The van der Waals surface area contributed by atoms with Gasteiger partial charge in [-0.2, -0.15) is 0 Å². The van der Waals surface area contributed by atoms with E-state index in [1.807, 2.05) is 6.92 Å². The maximum absolute atomic E-state index is 10.4. The molecule has 3 heteroatoms. The highest BCUT2D eigenvalue weighted by Crippen LogP contribution is 2.60. The van der Waals surface area contributed by atoms with E-state index >= 15 is 0 Å². The lowest BCUT2D eigenvalue weighted by Crippen LogP contribution is -2.58. The highest BCUT2D eigenvalue weighted by molar-refractivity contribution is 5.88. The van der Waals surface area contributed by atoms with Gasteiger partial charge in [-0.3, -0.25) is 0 Å². The topological polar surface area (TPSA) is 52.8 Å². The van der Waals surface area contributed by atoms with Crippen LogP contribution in [0.25, 0.3) is 0 Å². The summed E-state index contributed by atoms with van der Waals surface area (Å²) in [5.74, 6) is 2.00. The Balaban J connectivity index is 2.01. The normalized spacial score (nSPS) is 53.6. The molecule has 0 aromatic heterocycles. The van der Waals surface area contributed by atoms with E-state index in [1.165, 1.54) is 19.3 Å². The molecule has 5 atom stereocenters. The summed E-state index contributed by atoms with van der Waals surface area (Å²) in [4.78, 5) is 0. The molecule has 0 aromatic carbocycles. The summed E-state index contributed by atoms with van der Waals surface area (Å²) in [5.41, 5.74) is 0.581. The minimum Gasteiger partial charge on any atom is -0.411 e. The van der Waals surface area contributed by atoms with Gasteiger partial charge in [0.05, 0.1) is 11.8 Å². The molecule has 2 unspecified atom stereocenters. The molecule has 0 heterocycles. The van der Waals surface area contributed by atoms with Gasteiger partial charge in [0.25, 0.3) is 0 Å². The number of nitrogens with zero attached hydrogens (tertiary/aromatic N) is 1. The number of hydrogen-bond donors (Lipinski definition) is 2. The quantitative estimate of drug-likeness (QED) is 0.394. The highest BCUT2D eigenvalue weighted by atomic mass is 16.4. The molecule has 84 valence electrons. The molecule has 4 aliphatic carbocycles. The van der Waals surface area contributed by atoms with E-state index in [1.54, 1.807) is 0 Å². The van der Waals surface area contributed by atoms with E-state index in [-0.39, 0.29) is 11.5 Å². The number of aliphatic hydroxyl groups is 1. The van der Waals surface area contributed by atoms with E-state index in [2.05, 4.69) is 5.16 Å².